The van der Waals surface area contributed by atoms with Crippen LogP contribution in [0.25, 0.3) is 5.64 Å². The van der Waals surface area contributed by atoms with Gasteiger partial charge in [-0.25, -0.2) is 9.59 Å². The second-order valence-electron chi connectivity index (χ2n) is 5.22. The molecule has 28 heavy (non-hydrogen) atoms. The Labute approximate surface area is 159 Å². The maximum Gasteiger partial charge on any atom is 0.412 e. The number of ether oxygens (including phenoxy) is 1. The van der Waals surface area contributed by atoms with Crippen molar-refractivity contribution in [1.82, 2.24) is 10.6 Å². The first-order valence-electron chi connectivity index (χ1n) is 7.90. The Morgan fingerprint density at radius 3 is 2.75 bits per heavy atom. The molecule has 13 nitrogen and oxygen atoms in total. The van der Waals surface area contributed by atoms with Gasteiger partial charge in [0.1, 0.15) is 11.6 Å². The Balaban J connectivity index is 2.51. The van der Waals surface area contributed by atoms with Gasteiger partial charge in [-0.05, 0) is 6.07 Å². The van der Waals surface area contributed by atoms with E-state index in [2.05, 4.69) is 20.6 Å². The van der Waals surface area contributed by atoms with Crippen molar-refractivity contribution in [3.63, 3.8) is 0 Å². The van der Waals surface area contributed by atoms with E-state index in [9.17, 15) is 19.2 Å². The molecule has 0 saturated heterocycles. The molecule has 0 aliphatic heterocycles. The van der Waals surface area contributed by atoms with Crippen molar-refractivity contribution in [3.05, 3.63) is 35.7 Å². The molecule has 0 aliphatic rings. The number of pyridine rings is 1. The minimum Gasteiger partial charge on any atom is -0.480 e. The Hall–Kier alpha value is -3.29. The van der Waals surface area contributed by atoms with Gasteiger partial charge in [0.15, 0.2) is 12.4 Å². The van der Waals surface area contributed by atoms with Crippen LogP contribution in [-0.4, -0.2) is 55.3 Å². The molecule has 1 aromatic heterocycles. The van der Waals surface area contributed by atoms with Crippen LogP contribution in [-0.2, 0) is 30.7 Å². The highest BCUT2D eigenvalue weighted by Crippen LogP contribution is 1.96. The summed E-state index contributed by atoms with van der Waals surface area (Å²) >= 11 is 0. The summed E-state index contributed by atoms with van der Waals surface area (Å²) in [5, 5.41) is 13.5. The lowest BCUT2D eigenvalue weighted by Crippen LogP contribution is -2.45. The Bertz CT molecular complexity index is 699. The zero-order valence-corrected chi connectivity index (χ0v) is 15.0. The highest BCUT2D eigenvalue weighted by molar-refractivity contribution is 5.93. The van der Waals surface area contributed by atoms with Crippen molar-refractivity contribution >= 4 is 23.9 Å². The molecule has 0 aromatic carbocycles. The van der Waals surface area contributed by atoms with Gasteiger partial charge in [0, 0.05) is 26.3 Å². The number of nitrogens with one attached hydrogen (secondary N) is 2. The van der Waals surface area contributed by atoms with Gasteiger partial charge in [0.2, 0.25) is 5.91 Å². The number of rotatable bonds is 12. The third-order valence-electron chi connectivity index (χ3n) is 3.07. The molecule has 0 bridgehead atoms. The van der Waals surface area contributed by atoms with Crippen LogP contribution in [0.4, 0.5) is 4.79 Å². The van der Waals surface area contributed by atoms with E-state index in [4.69, 9.17) is 15.6 Å². The molecule has 1 atom stereocenters. The summed E-state index contributed by atoms with van der Waals surface area (Å²) in [4.78, 5) is 54.5. The number of aromatic nitrogens is 1. The van der Waals surface area contributed by atoms with Crippen LogP contribution in [0.1, 0.15) is 16.8 Å². The number of hydrogen-bond acceptors (Lipinski definition) is 7. The van der Waals surface area contributed by atoms with Crippen LogP contribution in [0.15, 0.2) is 24.5 Å². The van der Waals surface area contributed by atoms with Gasteiger partial charge in [-0.2, -0.15) is 4.57 Å². The van der Waals surface area contributed by atoms with Crippen molar-refractivity contribution < 1.29 is 43.3 Å². The average molecular weight is 399 g/mol. The van der Waals surface area contributed by atoms with Gasteiger partial charge in [-0.3, -0.25) is 9.59 Å². The standard InChI is InChI=1S/C15H21N5O8/c1-26-19-28-6-4-17-13(22)10-3-2-5-20(8-10)9-27-15(25)18-11(14(23)24)7-12(16)21/h2-3,5,8,11H,4,6-7,9H2,1H3,(H2,16,21)(H,17,22)(H,18,25)(H,23,24)/t11-/m0/s1. The topological polar surface area (TPSA) is 184 Å². The third-order valence-corrected chi connectivity index (χ3v) is 3.07. The molecule has 1 rings (SSSR count). The number of carbonyl (C=O) groups excluding carboxylic acids is 3. The summed E-state index contributed by atoms with van der Waals surface area (Å²) in [7, 11) is 1.32. The molecule has 0 spiro atoms. The molecule has 0 saturated carbocycles. The van der Waals surface area contributed by atoms with Crippen LogP contribution in [0.5, 0.6) is 0 Å². The largest absolute Gasteiger partial charge is 0.480 e. The summed E-state index contributed by atoms with van der Waals surface area (Å²) in [6, 6.07) is 1.60. The van der Waals surface area contributed by atoms with Crippen molar-refractivity contribution in [1.29, 1.82) is 0 Å². The summed E-state index contributed by atoms with van der Waals surface area (Å²) < 4.78 is 6.25. The predicted octanol–water partition coefficient (Wildman–Crippen LogP) is -1.42. The molecule has 0 radical (unpaired) electrons. The van der Waals surface area contributed by atoms with Gasteiger partial charge >= 0.3 is 12.1 Å². The summed E-state index contributed by atoms with van der Waals surface area (Å²) in [5.74, 6) is -2.71. The SMILES string of the molecule is CO[N-]OCCNC(=O)c1ccc[n+](COC(=O)N[C@@H](CC(N)=O)C(=O)O)c1. The number of nitrogens with two attached hydrogens (primary N) is 1. The average Bonchev–Trinajstić information content (AvgIpc) is 2.65. The van der Waals surface area contributed by atoms with E-state index in [1.807, 2.05) is 5.32 Å². The van der Waals surface area contributed by atoms with Gasteiger partial charge in [-0.15, -0.1) is 0 Å². The van der Waals surface area contributed by atoms with Crippen molar-refractivity contribution in [3.8, 4) is 0 Å². The van der Waals surface area contributed by atoms with Crippen LogP contribution in [0, 0.1) is 0 Å². The van der Waals surface area contributed by atoms with E-state index >= 15 is 0 Å². The fourth-order valence-corrected chi connectivity index (χ4v) is 1.86. The fraction of sp³-hybridized carbons (Fsp3) is 0.400. The smallest absolute Gasteiger partial charge is 0.412 e. The molecular formula is C15H21N5O8. The van der Waals surface area contributed by atoms with Crippen molar-refractivity contribution in [2.45, 2.75) is 19.2 Å². The molecule has 154 valence electrons. The lowest BCUT2D eigenvalue weighted by atomic mass is 10.2. The number of hydrogen-bond donors (Lipinski definition) is 4. The summed E-state index contributed by atoms with van der Waals surface area (Å²) in [5.41, 5.74) is 8.38. The maximum absolute atomic E-state index is 12.0. The molecule has 0 aliphatic carbocycles. The number of carboxylic acids is 1. The Kier molecular flexibility index (Phi) is 9.88. The molecule has 0 unspecified atom stereocenters. The monoisotopic (exact) mass is 399 g/mol. The molecule has 13 heteroatoms. The van der Waals surface area contributed by atoms with Gasteiger partial charge in [0.25, 0.3) is 12.6 Å². The van der Waals surface area contributed by atoms with E-state index < -0.39 is 36.3 Å². The Morgan fingerprint density at radius 1 is 1.36 bits per heavy atom. The number of nitrogens with zero attached hydrogens (tertiary/aromatic N) is 2. The zero-order chi connectivity index (χ0) is 20.9. The molecule has 0 fully saturated rings. The van der Waals surface area contributed by atoms with Crippen LogP contribution in [0.3, 0.4) is 0 Å². The highest BCUT2D eigenvalue weighted by Gasteiger charge is 2.23. The first-order chi connectivity index (χ1) is 13.3. The van der Waals surface area contributed by atoms with Crippen LogP contribution in [0.2, 0.25) is 0 Å². The highest BCUT2D eigenvalue weighted by atomic mass is 16.9. The molecule has 1 aromatic rings. The minimum atomic E-state index is -1.50. The maximum atomic E-state index is 12.0. The van der Waals surface area contributed by atoms with Crippen molar-refractivity contribution in [2.75, 3.05) is 20.3 Å². The van der Waals surface area contributed by atoms with Gasteiger partial charge in [0.05, 0.1) is 6.42 Å². The number of alkyl carbamates (subject to hydrolysis) is 1. The van der Waals surface area contributed by atoms with Crippen molar-refractivity contribution in [2.24, 2.45) is 5.73 Å². The van der Waals surface area contributed by atoms with Crippen LogP contribution >= 0.6 is 0 Å². The van der Waals surface area contributed by atoms with E-state index in [-0.39, 0.29) is 25.4 Å². The van der Waals surface area contributed by atoms with Gasteiger partial charge < -0.3 is 41.5 Å². The Morgan fingerprint density at radius 2 is 2.11 bits per heavy atom. The predicted molar refractivity (Wildman–Crippen MR) is 90.1 cm³/mol. The number of carbonyl (C=O) groups is 4. The number of primary amides is 1. The first-order valence-corrected chi connectivity index (χ1v) is 7.90. The molecule has 3 amide bonds. The van der Waals surface area contributed by atoms with Gasteiger partial charge in [-0.1, -0.05) is 0 Å². The third kappa shape index (κ3) is 8.88. The lowest BCUT2D eigenvalue weighted by Gasteiger charge is -2.17. The minimum absolute atomic E-state index is 0.117. The van der Waals surface area contributed by atoms with E-state index in [1.165, 1.54) is 24.1 Å². The number of amides is 3. The second-order valence-corrected chi connectivity index (χ2v) is 5.22. The quantitative estimate of drug-likeness (QED) is 0.187. The first kappa shape index (κ1) is 22.8. The van der Waals surface area contributed by atoms with Crippen LogP contribution < -0.4 is 20.9 Å². The van der Waals surface area contributed by atoms with E-state index in [1.54, 1.807) is 12.1 Å². The molecule has 1 heterocycles. The number of aliphatic carboxylic acids is 1. The number of carboxylic acid groups (broad SMARTS) is 1. The lowest BCUT2D eigenvalue weighted by molar-refractivity contribution is -0.727. The molecule has 5 N–H and O–H groups in total. The van der Waals surface area contributed by atoms with E-state index in [0.29, 0.717) is 0 Å². The summed E-state index contributed by atoms with van der Waals surface area (Å²) in [6.07, 6.45) is 1.31. The second kappa shape index (κ2) is 12.2. The van der Waals surface area contributed by atoms with E-state index in [0.717, 1.165) is 0 Å². The summed E-state index contributed by atoms with van der Waals surface area (Å²) in [6.45, 7) is 0.00731. The fourth-order valence-electron chi connectivity index (χ4n) is 1.86. The zero-order valence-electron chi connectivity index (χ0n) is 15.0. The molecular weight excluding hydrogens is 378 g/mol. The normalized spacial score (nSPS) is 11.3.